The molecule has 0 aliphatic carbocycles. The predicted octanol–water partition coefficient (Wildman–Crippen LogP) is 2.70. The molecule has 2 aromatic rings. The number of amides is 1. The molecule has 4 nitrogen and oxygen atoms in total. The molecule has 0 fully saturated rings. The fourth-order valence-electron chi connectivity index (χ4n) is 1.55. The summed E-state index contributed by atoms with van der Waals surface area (Å²) in [5.41, 5.74) is 1.40. The fourth-order valence-corrected chi connectivity index (χ4v) is 1.81. The first-order chi connectivity index (χ1) is 8.54. The number of aromatic amines is 1. The van der Waals surface area contributed by atoms with E-state index < -0.39 is 0 Å². The molecule has 1 amide bonds. The van der Waals surface area contributed by atoms with Gasteiger partial charge in [-0.15, -0.1) is 0 Å². The summed E-state index contributed by atoms with van der Waals surface area (Å²) in [6.07, 6.45) is 0. The van der Waals surface area contributed by atoms with E-state index in [4.69, 9.17) is 0 Å². The summed E-state index contributed by atoms with van der Waals surface area (Å²) in [6, 6.07) is 10.1. The van der Waals surface area contributed by atoms with Crippen LogP contribution in [-0.4, -0.2) is 10.9 Å². The smallest absolute Gasteiger partial charge is 0.255 e. The van der Waals surface area contributed by atoms with Crippen LogP contribution in [0.15, 0.2) is 45.7 Å². The summed E-state index contributed by atoms with van der Waals surface area (Å²) < 4.78 is 0.937. The molecule has 0 atom stereocenters. The van der Waals surface area contributed by atoms with Crippen LogP contribution in [-0.2, 0) is 0 Å². The van der Waals surface area contributed by atoms with Crippen LogP contribution in [0.4, 0.5) is 5.69 Å². The maximum atomic E-state index is 11.9. The summed E-state index contributed by atoms with van der Waals surface area (Å²) in [6.45, 7) is 1.73. The van der Waals surface area contributed by atoms with E-state index in [9.17, 15) is 9.59 Å². The van der Waals surface area contributed by atoms with Crippen molar-refractivity contribution >= 4 is 27.5 Å². The van der Waals surface area contributed by atoms with Crippen LogP contribution in [0, 0.1) is 6.92 Å². The molecule has 92 valence electrons. The van der Waals surface area contributed by atoms with Gasteiger partial charge in [0.25, 0.3) is 5.91 Å². The van der Waals surface area contributed by atoms with Gasteiger partial charge in [0.2, 0.25) is 5.56 Å². The van der Waals surface area contributed by atoms with E-state index >= 15 is 0 Å². The molecule has 0 aliphatic heterocycles. The Hall–Kier alpha value is -1.88. The Balaban J connectivity index is 2.21. The van der Waals surface area contributed by atoms with Crippen LogP contribution in [0.2, 0.25) is 0 Å². The van der Waals surface area contributed by atoms with Crippen LogP contribution in [0.3, 0.4) is 0 Å². The summed E-state index contributed by atoms with van der Waals surface area (Å²) in [7, 11) is 0. The number of carbonyl (C=O) groups excluding carboxylic acids is 1. The van der Waals surface area contributed by atoms with Crippen LogP contribution in [0.1, 0.15) is 16.1 Å². The Morgan fingerprint density at radius 3 is 2.50 bits per heavy atom. The number of hydrogen-bond donors (Lipinski definition) is 2. The minimum absolute atomic E-state index is 0.282. The molecule has 18 heavy (non-hydrogen) atoms. The van der Waals surface area contributed by atoms with E-state index in [1.807, 2.05) is 12.1 Å². The van der Waals surface area contributed by atoms with Crippen molar-refractivity contribution < 1.29 is 4.79 Å². The third-order valence-electron chi connectivity index (χ3n) is 2.34. The Labute approximate surface area is 112 Å². The highest BCUT2D eigenvalue weighted by atomic mass is 79.9. The normalized spacial score (nSPS) is 10.1. The van der Waals surface area contributed by atoms with Crippen LogP contribution >= 0.6 is 15.9 Å². The lowest BCUT2D eigenvalue weighted by Crippen LogP contribution is -2.16. The van der Waals surface area contributed by atoms with Crippen LogP contribution in [0.25, 0.3) is 0 Å². The molecule has 0 saturated heterocycles. The Bertz CT molecular complexity index is 632. The molecule has 0 unspecified atom stereocenters. The molecule has 0 radical (unpaired) electrons. The molecule has 0 spiro atoms. The quantitative estimate of drug-likeness (QED) is 0.896. The van der Waals surface area contributed by atoms with Crippen LogP contribution in [0.5, 0.6) is 0 Å². The second kappa shape index (κ2) is 5.18. The standard InChI is InChI=1S/C13H11BrN2O2/c1-8-6-9(7-12(17)15-8)13(18)16-11-4-2-10(14)3-5-11/h2-7H,1H3,(H,15,17)(H,16,18). The fraction of sp³-hybridized carbons (Fsp3) is 0.0769. The van der Waals surface area contributed by atoms with Crippen molar-refractivity contribution in [1.29, 1.82) is 0 Å². The maximum absolute atomic E-state index is 11.9. The monoisotopic (exact) mass is 306 g/mol. The van der Waals surface area contributed by atoms with Gasteiger partial charge in [0.1, 0.15) is 0 Å². The number of pyridine rings is 1. The van der Waals surface area contributed by atoms with Gasteiger partial charge in [-0.05, 0) is 37.3 Å². The van der Waals surface area contributed by atoms with Gasteiger partial charge in [-0.1, -0.05) is 15.9 Å². The molecular weight excluding hydrogens is 296 g/mol. The number of halogens is 1. The minimum atomic E-state index is -0.300. The van der Waals surface area contributed by atoms with E-state index in [1.54, 1.807) is 25.1 Å². The van der Waals surface area contributed by atoms with E-state index in [0.29, 0.717) is 16.9 Å². The summed E-state index contributed by atoms with van der Waals surface area (Å²) in [4.78, 5) is 25.8. The predicted molar refractivity (Wildman–Crippen MR) is 73.9 cm³/mol. The van der Waals surface area contributed by atoms with E-state index in [0.717, 1.165) is 4.47 Å². The van der Waals surface area contributed by atoms with Gasteiger partial charge in [0.05, 0.1) is 0 Å². The van der Waals surface area contributed by atoms with Gasteiger partial charge in [-0.3, -0.25) is 9.59 Å². The number of carbonyl (C=O) groups is 1. The average molecular weight is 307 g/mol. The van der Waals surface area contributed by atoms with Gasteiger partial charge in [-0.25, -0.2) is 0 Å². The number of aromatic nitrogens is 1. The molecule has 1 aromatic carbocycles. The Morgan fingerprint density at radius 2 is 1.89 bits per heavy atom. The SMILES string of the molecule is Cc1cc(C(=O)Nc2ccc(Br)cc2)cc(=O)[nH]1. The number of hydrogen-bond acceptors (Lipinski definition) is 2. The summed E-state index contributed by atoms with van der Waals surface area (Å²) in [5, 5.41) is 2.73. The van der Waals surface area contributed by atoms with Gasteiger partial charge < -0.3 is 10.3 Å². The number of benzene rings is 1. The van der Waals surface area contributed by atoms with Gasteiger partial charge >= 0.3 is 0 Å². The second-order valence-electron chi connectivity index (χ2n) is 3.88. The van der Waals surface area contributed by atoms with Crippen molar-refractivity contribution in [3.63, 3.8) is 0 Å². The number of rotatable bonds is 2. The number of H-pyrrole nitrogens is 1. The largest absolute Gasteiger partial charge is 0.326 e. The van der Waals surface area contributed by atoms with Crippen LogP contribution < -0.4 is 10.9 Å². The lowest BCUT2D eigenvalue weighted by molar-refractivity contribution is 0.102. The highest BCUT2D eigenvalue weighted by Gasteiger charge is 2.07. The first-order valence-corrected chi connectivity index (χ1v) is 6.12. The van der Waals surface area contributed by atoms with Crippen molar-refractivity contribution in [2.75, 3.05) is 5.32 Å². The first kappa shape index (κ1) is 12.6. The van der Waals surface area contributed by atoms with Gasteiger partial charge in [-0.2, -0.15) is 0 Å². The summed E-state index contributed by atoms with van der Waals surface area (Å²) in [5.74, 6) is -0.300. The van der Waals surface area contributed by atoms with Crippen molar-refractivity contribution in [2.24, 2.45) is 0 Å². The van der Waals surface area contributed by atoms with Crippen molar-refractivity contribution in [3.8, 4) is 0 Å². The van der Waals surface area contributed by atoms with E-state index in [1.165, 1.54) is 6.07 Å². The summed E-state index contributed by atoms with van der Waals surface area (Å²) >= 11 is 3.32. The van der Waals surface area contributed by atoms with Gasteiger partial charge in [0.15, 0.2) is 0 Å². The van der Waals surface area contributed by atoms with E-state index in [2.05, 4.69) is 26.2 Å². The molecular formula is C13H11BrN2O2. The number of nitrogens with one attached hydrogen (secondary N) is 2. The molecule has 1 heterocycles. The lowest BCUT2D eigenvalue weighted by atomic mass is 10.2. The van der Waals surface area contributed by atoms with Crippen molar-refractivity contribution in [2.45, 2.75) is 6.92 Å². The average Bonchev–Trinajstić information content (AvgIpc) is 2.31. The lowest BCUT2D eigenvalue weighted by Gasteiger charge is -2.05. The van der Waals surface area contributed by atoms with Crippen molar-refractivity contribution in [3.05, 3.63) is 62.5 Å². The molecule has 0 saturated carbocycles. The third-order valence-corrected chi connectivity index (χ3v) is 2.87. The molecule has 1 aromatic heterocycles. The highest BCUT2D eigenvalue weighted by molar-refractivity contribution is 9.10. The molecule has 2 N–H and O–H groups in total. The highest BCUT2D eigenvalue weighted by Crippen LogP contribution is 2.14. The Kier molecular flexibility index (Phi) is 3.62. The topological polar surface area (TPSA) is 62.0 Å². The van der Waals surface area contributed by atoms with Crippen molar-refractivity contribution in [1.82, 2.24) is 4.98 Å². The zero-order chi connectivity index (χ0) is 13.1. The third kappa shape index (κ3) is 3.07. The number of aryl methyl sites for hydroxylation is 1. The zero-order valence-electron chi connectivity index (χ0n) is 9.66. The molecule has 0 aliphatic rings. The number of anilines is 1. The molecule has 0 bridgehead atoms. The first-order valence-electron chi connectivity index (χ1n) is 5.32. The second-order valence-corrected chi connectivity index (χ2v) is 4.79. The molecule has 2 rings (SSSR count). The minimum Gasteiger partial charge on any atom is -0.326 e. The maximum Gasteiger partial charge on any atom is 0.255 e. The Morgan fingerprint density at radius 1 is 1.22 bits per heavy atom. The zero-order valence-corrected chi connectivity index (χ0v) is 11.2. The molecule has 5 heteroatoms. The van der Waals surface area contributed by atoms with Gasteiger partial charge in [0, 0.05) is 27.5 Å². The van der Waals surface area contributed by atoms with E-state index in [-0.39, 0.29) is 11.5 Å².